The summed E-state index contributed by atoms with van der Waals surface area (Å²) in [5.74, 6) is -2.76. The average molecular weight is 450 g/mol. The van der Waals surface area contributed by atoms with E-state index in [-0.39, 0.29) is 24.5 Å². The van der Waals surface area contributed by atoms with Gasteiger partial charge in [0.25, 0.3) is 11.6 Å². The van der Waals surface area contributed by atoms with Crippen molar-refractivity contribution < 1.29 is 28.8 Å². The van der Waals surface area contributed by atoms with E-state index in [1.165, 1.54) is 12.1 Å². The molecule has 1 N–H and O–H groups in total. The smallest absolute Gasteiger partial charge is 0.340 e. The van der Waals surface area contributed by atoms with Crippen LogP contribution in [0.5, 0.6) is 0 Å². The number of benzene rings is 1. The van der Waals surface area contributed by atoms with Gasteiger partial charge in [0.05, 0.1) is 23.7 Å². The number of carbonyl (C=O) groups excluding carboxylic acids is 3. The summed E-state index contributed by atoms with van der Waals surface area (Å²) in [5, 5.41) is 13.0. The molecule has 1 rings (SSSR count). The van der Waals surface area contributed by atoms with Gasteiger partial charge in [-0.05, 0) is 42.5 Å². The predicted octanol–water partition coefficient (Wildman–Crippen LogP) is 1.42. The molecule has 0 aromatic heterocycles. The van der Waals surface area contributed by atoms with Crippen molar-refractivity contribution in [2.75, 3.05) is 13.2 Å². The molecule has 130 valence electrons. The summed E-state index contributed by atoms with van der Waals surface area (Å²) in [7, 11) is 0. The van der Waals surface area contributed by atoms with Crippen LogP contribution in [0.4, 0.5) is 5.69 Å². The van der Waals surface area contributed by atoms with Crippen molar-refractivity contribution in [3.63, 3.8) is 0 Å². The molecule has 1 amide bonds. The van der Waals surface area contributed by atoms with E-state index in [1.54, 1.807) is 13.8 Å². The van der Waals surface area contributed by atoms with Gasteiger partial charge in [0.1, 0.15) is 0 Å². The van der Waals surface area contributed by atoms with E-state index in [0.29, 0.717) is 3.57 Å². The third kappa shape index (κ3) is 5.15. The van der Waals surface area contributed by atoms with Gasteiger partial charge in [-0.25, -0.2) is 9.59 Å². The quantitative estimate of drug-likeness (QED) is 0.219. The Hall–Kier alpha value is -2.24. The molecule has 0 fully saturated rings. The number of halogens is 1. The highest BCUT2D eigenvalue weighted by atomic mass is 127. The molecule has 1 aromatic carbocycles. The maximum atomic E-state index is 12.3. The third-order valence-electron chi connectivity index (χ3n) is 2.73. The number of esters is 2. The molecule has 10 heteroatoms. The summed E-state index contributed by atoms with van der Waals surface area (Å²) >= 11 is 1.81. The van der Waals surface area contributed by atoms with Gasteiger partial charge in [-0.1, -0.05) is 0 Å². The molecular formula is C14H15IN2O7. The normalized spacial score (nSPS) is 10.2. The first-order chi connectivity index (χ1) is 11.3. The van der Waals surface area contributed by atoms with Gasteiger partial charge in [-0.3, -0.25) is 14.9 Å². The zero-order valence-corrected chi connectivity index (χ0v) is 15.1. The van der Waals surface area contributed by atoms with Gasteiger partial charge in [-0.15, -0.1) is 0 Å². The summed E-state index contributed by atoms with van der Waals surface area (Å²) < 4.78 is 9.89. The number of amides is 1. The van der Waals surface area contributed by atoms with Crippen molar-refractivity contribution in [1.82, 2.24) is 5.32 Å². The topological polar surface area (TPSA) is 125 Å². The van der Waals surface area contributed by atoms with Crippen LogP contribution in [0.2, 0.25) is 0 Å². The highest BCUT2D eigenvalue weighted by Crippen LogP contribution is 2.19. The average Bonchev–Trinajstić information content (AvgIpc) is 2.52. The minimum Gasteiger partial charge on any atom is -0.464 e. The third-order valence-corrected chi connectivity index (χ3v) is 3.67. The van der Waals surface area contributed by atoms with E-state index in [1.807, 2.05) is 22.6 Å². The Bertz CT molecular complexity index is 645. The monoisotopic (exact) mass is 450 g/mol. The van der Waals surface area contributed by atoms with Crippen molar-refractivity contribution in [2.45, 2.75) is 19.9 Å². The number of hydrogen-bond acceptors (Lipinski definition) is 7. The lowest BCUT2D eigenvalue weighted by Crippen LogP contribution is -2.48. The molecule has 0 radical (unpaired) electrons. The summed E-state index contributed by atoms with van der Waals surface area (Å²) in [6.07, 6.45) is 0. The van der Waals surface area contributed by atoms with Gasteiger partial charge >= 0.3 is 11.9 Å². The van der Waals surface area contributed by atoms with Crippen LogP contribution in [0.25, 0.3) is 0 Å². The Morgan fingerprint density at radius 2 is 1.75 bits per heavy atom. The zero-order valence-electron chi connectivity index (χ0n) is 12.9. The lowest BCUT2D eigenvalue weighted by molar-refractivity contribution is -0.384. The highest BCUT2D eigenvalue weighted by molar-refractivity contribution is 14.1. The summed E-state index contributed by atoms with van der Waals surface area (Å²) in [6, 6.07) is 2.04. The van der Waals surface area contributed by atoms with Crippen molar-refractivity contribution in [1.29, 1.82) is 0 Å². The summed E-state index contributed by atoms with van der Waals surface area (Å²) in [5.41, 5.74) is -0.326. The van der Waals surface area contributed by atoms with Crippen LogP contribution < -0.4 is 5.32 Å². The second-order valence-corrected chi connectivity index (χ2v) is 5.49. The summed E-state index contributed by atoms with van der Waals surface area (Å²) in [6.45, 7) is 3.12. The number of nitrogens with one attached hydrogen (secondary N) is 1. The Balaban J connectivity index is 3.07. The number of nitrogens with zero attached hydrogens (tertiary/aromatic N) is 1. The lowest BCUT2D eigenvalue weighted by Gasteiger charge is -2.16. The van der Waals surface area contributed by atoms with E-state index >= 15 is 0 Å². The van der Waals surface area contributed by atoms with Crippen LogP contribution in [0, 0.1) is 13.7 Å². The molecule has 0 aliphatic carbocycles. The fourth-order valence-electron chi connectivity index (χ4n) is 1.67. The van der Waals surface area contributed by atoms with Crippen LogP contribution in [0.3, 0.4) is 0 Å². The van der Waals surface area contributed by atoms with Crippen molar-refractivity contribution in [3.05, 3.63) is 37.4 Å². The minimum absolute atomic E-state index is 0.0128. The Labute approximate surface area is 151 Å². The zero-order chi connectivity index (χ0) is 18.3. The first-order valence-corrected chi connectivity index (χ1v) is 7.97. The molecule has 0 aliphatic heterocycles. The number of nitro groups is 1. The van der Waals surface area contributed by atoms with Crippen LogP contribution >= 0.6 is 22.6 Å². The molecule has 0 saturated carbocycles. The van der Waals surface area contributed by atoms with E-state index in [4.69, 9.17) is 9.47 Å². The van der Waals surface area contributed by atoms with Gasteiger partial charge < -0.3 is 14.8 Å². The number of hydrogen-bond donors (Lipinski definition) is 1. The summed E-state index contributed by atoms with van der Waals surface area (Å²) in [4.78, 5) is 46.2. The van der Waals surface area contributed by atoms with Crippen molar-refractivity contribution >= 4 is 46.1 Å². The standard InChI is InChI=1S/C14H15IN2O7/c1-3-23-13(19)11(14(20)24-4-2)16-12(18)9-7-8(17(21)22)5-6-10(9)15/h5-7,11H,3-4H2,1-2H3,(H,16,18). The van der Waals surface area contributed by atoms with Gasteiger partial charge in [-0.2, -0.15) is 0 Å². The first-order valence-electron chi connectivity index (χ1n) is 6.89. The molecule has 0 atom stereocenters. The van der Waals surface area contributed by atoms with E-state index in [9.17, 15) is 24.5 Å². The van der Waals surface area contributed by atoms with Crippen molar-refractivity contribution in [2.24, 2.45) is 0 Å². The Morgan fingerprint density at radius 3 is 2.21 bits per heavy atom. The molecule has 0 unspecified atom stereocenters. The van der Waals surface area contributed by atoms with Crippen molar-refractivity contribution in [3.8, 4) is 0 Å². The fourth-order valence-corrected chi connectivity index (χ4v) is 2.26. The molecule has 0 spiro atoms. The highest BCUT2D eigenvalue weighted by Gasteiger charge is 2.32. The second kappa shape index (κ2) is 9.15. The molecule has 1 aromatic rings. The number of carbonyl (C=O) groups is 3. The maximum absolute atomic E-state index is 12.3. The predicted molar refractivity (Wildman–Crippen MR) is 90.3 cm³/mol. The molecule has 0 aliphatic rings. The Kier molecular flexibility index (Phi) is 7.55. The first kappa shape index (κ1) is 19.8. The lowest BCUT2D eigenvalue weighted by atomic mass is 10.1. The number of ether oxygens (including phenoxy) is 2. The van der Waals surface area contributed by atoms with Gasteiger partial charge in [0, 0.05) is 15.7 Å². The van der Waals surface area contributed by atoms with Crippen LogP contribution in [0.1, 0.15) is 24.2 Å². The van der Waals surface area contributed by atoms with Gasteiger partial charge in [0.15, 0.2) is 0 Å². The van der Waals surface area contributed by atoms with Crippen LogP contribution in [-0.2, 0) is 19.1 Å². The largest absolute Gasteiger partial charge is 0.464 e. The van der Waals surface area contributed by atoms with Crippen LogP contribution in [0.15, 0.2) is 18.2 Å². The molecule has 24 heavy (non-hydrogen) atoms. The molecule has 9 nitrogen and oxygen atoms in total. The Morgan fingerprint density at radius 1 is 1.21 bits per heavy atom. The molecular weight excluding hydrogens is 435 g/mol. The SMILES string of the molecule is CCOC(=O)C(NC(=O)c1cc([N+](=O)[O-])ccc1I)C(=O)OCC. The van der Waals surface area contributed by atoms with E-state index < -0.39 is 28.8 Å². The number of non-ortho nitro benzene ring substituents is 1. The number of nitro benzene ring substituents is 1. The van der Waals surface area contributed by atoms with E-state index in [0.717, 1.165) is 6.07 Å². The minimum atomic E-state index is -1.65. The van der Waals surface area contributed by atoms with E-state index in [2.05, 4.69) is 5.32 Å². The van der Waals surface area contributed by atoms with Gasteiger partial charge in [0.2, 0.25) is 6.04 Å². The molecule has 0 saturated heterocycles. The fraction of sp³-hybridized carbons (Fsp3) is 0.357. The van der Waals surface area contributed by atoms with Crippen LogP contribution in [-0.4, -0.2) is 42.0 Å². The molecule has 0 bridgehead atoms. The maximum Gasteiger partial charge on any atom is 0.340 e. The molecule has 0 heterocycles. The second-order valence-electron chi connectivity index (χ2n) is 4.33. The number of rotatable bonds is 7.